The van der Waals surface area contributed by atoms with Crippen LogP contribution in [0.15, 0.2) is 34.4 Å². The molecular weight excluding hydrogens is 329 g/mol. The number of benzene rings is 1. The van der Waals surface area contributed by atoms with Crippen LogP contribution in [0.25, 0.3) is 0 Å². The molecule has 0 saturated heterocycles. The third-order valence-corrected chi connectivity index (χ3v) is 3.25. The van der Waals surface area contributed by atoms with Crippen LogP contribution in [0.4, 0.5) is 0 Å². The maximum Gasteiger partial charge on any atom is 0.261 e. The number of fused-ring (bicyclic) bond motifs is 1. The van der Waals surface area contributed by atoms with Crippen molar-refractivity contribution in [1.82, 2.24) is 4.90 Å². The molecule has 1 aromatic rings. The van der Waals surface area contributed by atoms with Crippen LogP contribution in [-0.2, 0) is 0 Å². The summed E-state index contributed by atoms with van der Waals surface area (Å²) >= 11 is 2.16. The minimum Gasteiger partial charge on any atom is -0.274 e. The summed E-state index contributed by atoms with van der Waals surface area (Å²) in [6.07, 6.45) is 1.60. The van der Waals surface area contributed by atoms with Crippen molar-refractivity contribution >= 4 is 34.4 Å². The van der Waals surface area contributed by atoms with Crippen molar-refractivity contribution in [2.75, 3.05) is 6.54 Å². The molecule has 1 aliphatic rings. The van der Waals surface area contributed by atoms with E-state index in [0.29, 0.717) is 17.7 Å². The summed E-state index contributed by atoms with van der Waals surface area (Å²) in [5, 5.41) is 0. The molecule has 1 aliphatic heterocycles. The van der Waals surface area contributed by atoms with Gasteiger partial charge in [-0.15, -0.1) is 0 Å². The number of hydrogen-bond donors (Lipinski definition) is 0. The van der Waals surface area contributed by atoms with Gasteiger partial charge < -0.3 is 0 Å². The molecule has 0 atom stereocenters. The maximum atomic E-state index is 12.0. The number of nitrogens with zero attached hydrogens (tertiary/aromatic N) is 1. The van der Waals surface area contributed by atoms with Gasteiger partial charge in [-0.05, 0) is 51.1 Å². The monoisotopic (exact) mass is 341 g/mol. The molecule has 0 fully saturated rings. The average Bonchev–Trinajstić information content (AvgIpc) is 2.54. The highest BCUT2D eigenvalue weighted by Crippen LogP contribution is 2.23. The van der Waals surface area contributed by atoms with Gasteiger partial charge in [0.2, 0.25) is 0 Å². The van der Waals surface area contributed by atoms with Gasteiger partial charge in [0.25, 0.3) is 11.8 Å². The van der Waals surface area contributed by atoms with Crippen LogP contribution in [0, 0.1) is 0 Å². The lowest BCUT2D eigenvalue weighted by atomic mass is 10.1. The van der Waals surface area contributed by atoms with E-state index >= 15 is 0 Å². The quantitative estimate of drug-likeness (QED) is 0.624. The van der Waals surface area contributed by atoms with Gasteiger partial charge in [0, 0.05) is 6.54 Å². The molecule has 0 spiro atoms. The topological polar surface area (TPSA) is 37.4 Å². The van der Waals surface area contributed by atoms with Gasteiger partial charge in [-0.3, -0.25) is 14.5 Å². The van der Waals surface area contributed by atoms with Crippen LogP contribution in [0.5, 0.6) is 0 Å². The lowest BCUT2D eigenvalue weighted by Gasteiger charge is -2.12. The average molecular weight is 341 g/mol. The predicted octanol–water partition coefficient (Wildman–Crippen LogP) is 3.01. The molecular formula is C13H12INO2. The molecule has 0 saturated carbocycles. The summed E-state index contributed by atoms with van der Waals surface area (Å²) in [7, 11) is 0. The number of hydrogen-bond acceptors (Lipinski definition) is 2. The van der Waals surface area contributed by atoms with Crippen molar-refractivity contribution < 1.29 is 9.59 Å². The van der Waals surface area contributed by atoms with Crippen LogP contribution in [-0.4, -0.2) is 23.3 Å². The van der Waals surface area contributed by atoms with E-state index in [1.54, 1.807) is 24.3 Å². The largest absolute Gasteiger partial charge is 0.274 e. The molecule has 0 N–H and O–H groups in total. The van der Waals surface area contributed by atoms with E-state index < -0.39 is 0 Å². The van der Waals surface area contributed by atoms with Gasteiger partial charge in [-0.2, -0.15) is 0 Å². The van der Waals surface area contributed by atoms with Gasteiger partial charge in [-0.1, -0.05) is 18.7 Å². The standard InChI is InChI=1S/C13H12INO2/c1-9(14)5-4-8-15-12(16)10-6-2-3-7-11(10)13(15)17/h2-3,6-7H,1,4-5,8H2. The maximum absolute atomic E-state index is 12.0. The summed E-state index contributed by atoms with van der Waals surface area (Å²) in [5.41, 5.74) is 1.04. The number of halogens is 1. The second-order valence-corrected chi connectivity index (χ2v) is 5.45. The Hall–Kier alpha value is -1.17. The third kappa shape index (κ3) is 2.41. The van der Waals surface area contributed by atoms with Gasteiger partial charge in [0.05, 0.1) is 11.1 Å². The Balaban J connectivity index is 2.11. The molecule has 0 aliphatic carbocycles. The highest BCUT2D eigenvalue weighted by atomic mass is 127. The van der Waals surface area contributed by atoms with Crippen LogP contribution in [0.3, 0.4) is 0 Å². The lowest BCUT2D eigenvalue weighted by Crippen LogP contribution is -2.30. The molecule has 2 amide bonds. The van der Waals surface area contributed by atoms with Gasteiger partial charge >= 0.3 is 0 Å². The van der Waals surface area contributed by atoms with E-state index in [-0.39, 0.29) is 11.8 Å². The van der Waals surface area contributed by atoms with Crippen molar-refractivity contribution in [2.45, 2.75) is 12.8 Å². The predicted molar refractivity (Wildman–Crippen MR) is 74.2 cm³/mol. The first-order valence-electron chi connectivity index (χ1n) is 5.40. The van der Waals surface area contributed by atoms with E-state index in [9.17, 15) is 9.59 Å². The van der Waals surface area contributed by atoms with Crippen LogP contribution >= 0.6 is 22.6 Å². The smallest absolute Gasteiger partial charge is 0.261 e. The van der Waals surface area contributed by atoms with Crippen LogP contribution in [0.2, 0.25) is 0 Å². The third-order valence-electron chi connectivity index (χ3n) is 2.71. The number of amides is 2. The SMILES string of the molecule is C=C(I)CCCN1C(=O)c2ccccc2C1=O. The van der Waals surface area contributed by atoms with Crippen molar-refractivity contribution in [3.05, 3.63) is 45.6 Å². The Kier molecular flexibility index (Phi) is 3.61. The van der Waals surface area contributed by atoms with Crippen molar-refractivity contribution in [3.8, 4) is 0 Å². The lowest BCUT2D eigenvalue weighted by molar-refractivity contribution is 0.0653. The minimum atomic E-state index is -0.176. The second-order valence-electron chi connectivity index (χ2n) is 3.93. The highest BCUT2D eigenvalue weighted by Gasteiger charge is 2.34. The summed E-state index contributed by atoms with van der Waals surface area (Å²) < 4.78 is 1.04. The fourth-order valence-electron chi connectivity index (χ4n) is 1.87. The molecule has 1 heterocycles. The minimum absolute atomic E-state index is 0.176. The number of carbonyl (C=O) groups is 2. The molecule has 0 bridgehead atoms. The fourth-order valence-corrected chi connectivity index (χ4v) is 2.25. The molecule has 88 valence electrons. The van der Waals surface area contributed by atoms with E-state index in [0.717, 1.165) is 16.4 Å². The molecule has 0 radical (unpaired) electrons. The van der Waals surface area contributed by atoms with E-state index in [1.807, 2.05) is 0 Å². The van der Waals surface area contributed by atoms with E-state index in [1.165, 1.54) is 4.90 Å². The zero-order chi connectivity index (χ0) is 12.4. The Morgan fingerprint density at radius 2 is 1.71 bits per heavy atom. The molecule has 0 unspecified atom stereocenters. The summed E-state index contributed by atoms with van der Waals surface area (Å²) in [6, 6.07) is 6.96. The van der Waals surface area contributed by atoms with Gasteiger partial charge in [-0.25, -0.2) is 0 Å². The van der Waals surface area contributed by atoms with Crippen LogP contribution in [0.1, 0.15) is 33.6 Å². The number of allylic oxidation sites excluding steroid dienone is 1. The van der Waals surface area contributed by atoms with E-state index in [2.05, 4.69) is 29.2 Å². The first kappa shape index (κ1) is 12.3. The zero-order valence-electron chi connectivity index (χ0n) is 9.28. The summed E-state index contributed by atoms with van der Waals surface area (Å²) in [4.78, 5) is 25.3. The Morgan fingerprint density at radius 1 is 1.18 bits per heavy atom. The first-order valence-corrected chi connectivity index (χ1v) is 6.47. The molecule has 2 rings (SSSR count). The number of carbonyl (C=O) groups excluding carboxylic acids is 2. The summed E-state index contributed by atoms with van der Waals surface area (Å²) in [6.45, 7) is 4.26. The van der Waals surface area contributed by atoms with Crippen molar-refractivity contribution in [1.29, 1.82) is 0 Å². The highest BCUT2D eigenvalue weighted by molar-refractivity contribution is 14.1. The Morgan fingerprint density at radius 3 is 2.18 bits per heavy atom. The molecule has 1 aromatic carbocycles. The normalized spacial score (nSPS) is 14.1. The van der Waals surface area contributed by atoms with Crippen molar-refractivity contribution in [2.24, 2.45) is 0 Å². The first-order chi connectivity index (χ1) is 8.11. The van der Waals surface area contributed by atoms with Gasteiger partial charge in [0.1, 0.15) is 0 Å². The Bertz CT molecular complexity index is 461. The zero-order valence-corrected chi connectivity index (χ0v) is 11.4. The number of imide groups is 1. The molecule has 17 heavy (non-hydrogen) atoms. The Labute approximate surface area is 114 Å². The summed E-state index contributed by atoms with van der Waals surface area (Å²) in [5.74, 6) is -0.352. The fraction of sp³-hybridized carbons (Fsp3) is 0.231. The van der Waals surface area contributed by atoms with Gasteiger partial charge in [0.15, 0.2) is 0 Å². The van der Waals surface area contributed by atoms with Crippen molar-refractivity contribution in [3.63, 3.8) is 0 Å². The molecule has 0 aromatic heterocycles. The molecule has 3 nitrogen and oxygen atoms in total. The van der Waals surface area contributed by atoms with E-state index in [4.69, 9.17) is 0 Å². The van der Waals surface area contributed by atoms with Crippen LogP contribution < -0.4 is 0 Å². The number of rotatable bonds is 4. The molecule has 4 heteroatoms. The second kappa shape index (κ2) is 5.00.